The Bertz CT molecular complexity index is 451. The molecule has 0 saturated carbocycles. The van der Waals surface area contributed by atoms with Crippen molar-refractivity contribution in [3.63, 3.8) is 0 Å². The van der Waals surface area contributed by atoms with Crippen molar-refractivity contribution in [1.29, 1.82) is 5.39 Å². The molecule has 0 aliphatic rings. The van der Waals surface area contributed by atoms with Gasteiger partial charge in [0.2, 0.25) is 5.39 Å². The van der Waals surface area contributed by atoms with Gasteiger partial charge in [-0.15, -0.1) is 0 Å². The van der Waals surface area contributed by atoms with Crippen LogP contribution in [0, 0.1) is 5.39 Å². The molecular formula is C11H12ClN2O3+. The van der Waals surface area contributed by atoms with Crippen LogP contribution in [0.15, 0.2) is 35.9 Å². The average Bonchev–Trinajstić information content (AvgIpc) is 2.31. The minimum Gasteiger partial charge on any atom is -0.475 e. The molecule has 1 rings (SSSR count). The number of nitrogens with zero attached hydrogens (tertiary/aromatic N) is 2. The number of ether oxygens (including phenoxy) is 1. The fourth-order valence-corrected chi connectivity index (χ4v) is 1.35. The van der Waals surface area contributed by atoms with E-state index in [1.807, 2.05) is 0 Å². The number of hydrogen-bond acceptors (Lipinski definition) is 4. The first kappa shape index (κ1) is 13.3. The zero-order valence-electron chi connectivity index (χ0n) is 9.17. The Kier molecular flexibility index (Phi) is 4.76. The standard InChI is InChI=1S/C11H11ClN2O3/c1-2-17-11(16)9(14-13)10(15)7-3-5-8(12)6-4-7/h3-6,10,15H,2H2,1H3/p+1/b11-9-. The molecule has 2 N–H and O–H groups in total. The van der Waals surface area contributed by atoms with Gasteiger partial charge in [-0.25, -0.2) is 0 Å². The van der Waals surface area contributed by atoms with Gasteiger partial charge < -0.3 is 14.9 Å². The van der Waals surface area contributed by atoms with E-state index in [9.17, 15) is 10.2 Å². The average molecular weight is 256 g/mol. The smallest absolute Gasteiger partial charge is 0.472 e. The molecule has 0 amide bonds. The van der Waals surface area contributed by atoms with Gasteiger partial charge in [0.1, 0.15) is 0 Å². The highest BCUT2D eigenvalue weighted by molar-refractivity contribution is 6.30. The van der Waals surface area contributed by atoms with E-state index in [0.717, 1.165) is 0 Å². The number of rotatable bonds is 4. The lowest BCUT2D eigenvalue weighted by molar-refractivity contribution is 0.0874. The minimum atomic E-state index is -1.29. The summed E-state index contributed by atoms with van der Waals surface area (Å²) in [7, 11) is 0. The Morgan fingerprint density at radius 3 is 2.53 bits per heavy atom. The van der Waals surface area contributed by atoms with Crippen LogP contribution in [0.3, 0.4) is 0 Å². The number of aliphatic hydroxyl groups is 2. The van der Waals surface area contributed by atoms with Crippen LogP contribution >= 0.6 is 11.6 Å². The number of halogens is 1. The summed E-state index contributed by atoms with van der Waals surface area (Å²) in [5, 5.41) is 28.6. The summed E-state index contributed by atoms with van der Waals surface area (Å²) in [6, 6.07) is 6.26. The molecule has 1 aromatic rings. The van der Waals surface area contributed by atoms with E-state index in [4.69, 9.17) is 21.7 Å². The van der Waals surface area contributed by atoms with E-state index in [0.29, 0.717) is 10.6 Å². The summed E-state index contributed by atoms with van der Waals surface area (Å²) in [5.41, 5.74) is 0.0719. The SMILES string of the molecule is CCO/C(O)=C(\[N+]#N)C(O)c1ccc(Cl)cc1. The molecule has 0 spiro atoms. The Morgan fingerprint density at radius 1 is 1.47 bits per heavy atom. The number of hydrogen-bond donors (Lipinski definition) is 2. The van der Waals surface area contributed by atoms with Crippen molar-refractivity contribution in [3.8, 4) is 0 Å². The van der Waals surface area contributed by atoms with Gasteiger partial charge in [-0.2, -0.15) is 0 Å². The fraction of sp³-hybridized carbons (Fsp3) is 0.273. The number of aliphatic hydroxyl groups excluding tert-OH is 2. The highest BCUT2D eigenvalue weighted by atomic mass is 35.5. The molecule has 1 atom stereocenters. The normalized spacial score (nSPS) is 13.5. The molecule has 5 nitrogen and oxygen atoms in total. The molecule has 0 aliphatic carbocycles. The van der Waals surface area contributed by atoms with Crippen molar-refractivity contribution in [2.24, 2.45) is 0 Å². The molecule has 6 heteroatoms. The fourth-order valence-electron chi connectivity index (χ4n) is 1.23. The van der Waals surface area contributed by atoms with Crippen LogP contribution in [0.25, 0.3) is 4.98 Å². The molecule has 0 saturated heterocycles. The number of benzene rings is 1. The van der Waals surface area contributed by atoms with Crippen LogP contribution in [0.4, 0.5) is 0 Å². The molecule has 0 radical (unpaired) electrons. The Balaban J connectivity index is 3.02. The molecule has 17 heavy (non-hydrogen) atoms. The Hall–Kier alpha value is -1.77. The maximum absolute atomic E-state index is 9.87. The van der Waals surface area contributed by atoms with E-state index >= 15 is 0 Å². The molecule has 0 heterocycles. The van der Waals surface area contributed by atoms with Gasteiger partial charge in [-0.05, 0) is 24.6 Å². The van der Waals surface area contributed by atoms with Crippen molar-refractivity contribution < 1.29 is 14.9 Å². The van der Waals surface area contributed by atoms with Gasteiger partial charge in [0.05, 0.1) is 6.61 Å². The van der Waals surface area contributed by atoms with Crippen molar-refractivity contribution in [3.05, 3.63) is 51.5 Å². The summed E-state index contributed by atoms with van der Waals surface area (Å²) in [4.78, 5) is 2.83. The zero-order valence-corrected chi connectivity index (χ0v) is 9.92. The van der Waals surface area contributed by atoms with E-state index in [1.54, 1.807) is 31.2 Å². The summed E-state index contributed by atoms with van der Waals surface area (Å²) in [6.07, 6.45) is -1.29. The zero-order chi connectivity index (χ0) is 12.8. The lowest BCUT2D eigenvalue weighted by atomic mass is 10.1. The van der Waals surface area contributed by atoms with Gasteiger partial charge in [0.25, 0.3) is 0 Å². The van der Waals surface area contributed by atoms with Gasteiger partial charge >= 0.3 is 11.6 Å². The van der Waals surface area contributed by atoms with Crippen LogP contribution in [0.1, 0.15) is 18.6 Å². The first-order valence-electron chi connectivity index (χ1n) is 4.94. The Morgan fingerprint density at radius 2 is 2.06 bits per heavy atom. The highest BCUT2D eigenvalue weighted by Gasteiger charge is 2.32. The lowest BCUT2D eigenvalue weighted by Gasteiger charge is -2.04. The maximum Gasteiger partial charge on any atom is 0.472 e. The lowest BCUT2D eigenvalue weighted by Crippen LogP contribution is -2.04. The largest absolute Gasteiger partial charge is 0.475 e. The second-order valence-electron chi connectivity index (χ2n) is 3.18. The van der Waals surface area contributed by atoms with Crippen LogP contribution in [-0.4, -0.2) is 16.8 Å². The van der Waals surface area contributed by atoms with Gasteiger partial charge in [-0.1, -0.05) is 23.7 Å². The summed E-state index contributed by atoms with van der Waals surface area (Å²) >= 11 is 5.70. The van der Waals surface area contributed by atoms with E-state index < -0.39 is 12.0 Å². The minimum absolute atomic E-state index is 0.193. The third kappa shape index (κ3) is 3.34. The maximum atomic E-state index is 9.87. The molecule has 1 unspecified atom stereocenters. The molecule has 90 valence electrons. The predicted molar refractivity (Wildman–Crippen MR) is 62.8 cm³/mol. The number of diazo groups is 1. The van der Waals surface area contributed by atoms with E-state index in [2.05, 4.69) is 4.98 Å². The van der Waals surface area contributed by atoms with E-state index in [1.165, 1.54) is 0 Å². The van der Waals surface area contributed by atoms with Crippen molar-refractivity contribution in [2.75, 3.05) is 6.61 Å². The van der Waals surface area contributed by atoms with Gasteiger partial charge in [0, 0.05) is 5.02 Å². The van der Waals surface area contributed by atoms with Crippen molar-refractivity contribution >= 4 is 11.6 Å². The van der Waals surface area contributed by atoms with Crippen LogP contribution in [0.5, 0.6) is 0 Å². The highest BCUT2D eigenvalue weighted by Crippen LogP contribution is 2.26. The molecule has 0 aromatic heterocycles. The quantitative estimate of drug-likeness (QED) is 0.640. The third-order valence-electron chi connectivity index (χ3n) is 2.05. The third-order valence-corrected chi connectivity index (χ3v) is 2.30. The van der Waals surface area contributed by atoms with Crippen LogP contribution < -0.4 is 0 Å². The summed E-state index contributed by atoms with van der Waals surface area (Å²) < 4.78 is 4.76. The molecule has 0 aliphatic heterocycles. The van der Waals surface area contributed by atoms with Crippen LogP contribution in [-0.2, 0) is 4.74 Å². The molecule has 1 aromatic carbocycles. The molecule has 0 bridgehead atoms. The van der Waals surface area contributed by atoms with Crippen molar-refractivity contribution in [2.45, 2.75) is 13.0 Å². The van der Waals surface area contributed by atoms with Crippen LogP contribution in [0.2, 0.25) is 5.02 Å². The first-order chi connectivity index (χ1) is 8.10. The Labute approximate surface area is 104 Å². The van der Waals surface area contributed by atoms with Gasteiger partial charge in [-0.3, -0.25) is 0 Å². The van der Waals surface area contributed by atoms with Gasteiger partial charge in [0.15, 0.2) is 11.1 Å². The van der Waals surface area contributed by atoms with E-state index in [-0.39, 0.29) is 12.3 Å². The van der Waals surface area contributed by atoms with Crippen molar-refractivity contribution in [1.82, 2.24) is 0 Å². The second kappa shape index (κ2) is 6.09. The monoisotopic (exact) mass is 255 g/mol. The topological polar surface area (TPSA) is 77.8 Å². The second-order valence-corrected chi connectivity index (χ2v) is 3.61. The predicted octanol–water partition coefficient (Wildman–Crippen LogP) is 2.99. The summed E-state index contributed by atoms with van der Waals surface area (Å²) in [6.45, 7) is 1.85. The summed E-state index contributed by atoms with van der Waals surface area (Å²) in [5.74, 6) is -0.613. The molecular weight excluding hydrogens is 244 g/mol. The molecule has 0 fully saturated rings. The first-order valence-corrected chi connectivity index (χ1v) is 5.32.